The minimum absolute atomic E-state index is 0.831. The SMILES string of the molecule is CCS(=O)(=O)NCC(=O)OC(F)(F)C(F)(F)C(F)(F)C(F)(F)C(F)(F)C(F)(F)C(F)(F)C(F)(F)F. The number of rotatable bonds is 11. The molecule has 0 heterocycles. The number of nitrogens with one attached hydrogen (secondary N) is 1. The Kier molecular flexibility index (Phi) is 8.48. The fourth-order valence-corrected chi connectivity index (χ4v) is 2.21. The first-order valence-corrected chi connectivity index (χ1v) is 9.47. The Bertz CT molecular complexity index is 895. The van der Waals surface area contributed by atoms with Crippen LogP contribution in [0.3, 0.4) is 0 Å². The molecular weight excluding hydrogens is 577 g/mol. The summed E-state index contributed by atoms with van der Waals surface area (Å²) in [7, 11) is -4.52. The maximum absolute atomic E-state index is 13.4. The molecule has 0 saturated heterocycles. The van der Waals surface area contributed by atoms with E-state index < -0.39 is 76.1 Å². The molecule has 0 bridgehead atoms. The van der Waals surface area contributed by atoms with Crippen LogP contribution in [0.15, 0.2) is 0 Å². The second-order valence-electron chi connectivity index (χ2n) is 6.16. The van der Waals surface area contributed by atoms with E-state index in [1.807, 2.05) is 0 Å². The topological polar surface area (TPSA) is 72.5 Å². The number of alkyl halides is 17. The van der Waals surface area contributed by atoms with Crippen molar-refractivity contribution in [2.24, 2.45) is 0 Å². The van der Waals surface area contributed by atoms with Gasteiger partial charge in [-0.15, -0.1) is 0 Å². The van der Waals surface area contributed by atoms with Crippen molar-refractivity contribution in [3.8, 4) is 0 Å². The molecule has 0 radical (unpaired) electrons. The lowest BCUT2D eigenvalue weighted by Crippen LogP contribution is -2.74. The molecule has 0 aliphatic carbocycles. The van der Waals surface area contributed by atoms with E-state index in [0.29, 0.717) is 0 Å². The van der Waals surface area contributed by atoms with Gasteiger partial charge in [0.05, 0.1) is 5.75 Å². The van der Waals surface area contributed by atoms with E-state index in [1.165, 1.54) is 0 Å². The van der Waals surface area contributed by atoms with Crippen molar-refractivity contribution in [1.29, 1.82) is 0 Å². The maximum Gasteiger partial charge on any atom is 0.473 e. The lowest BCUT2D eigenvalue weighted by molar-refractivity contribution is -0.473. The van der Waals surface area contributed by atoms with E-state index in [1.54, 1.807) is 0 Å². The highest BCUT2D eigenvalue weighted by Crippen LogP contribution is 2.63. The van der Waals surface area contributed by atoms with Gasteiger partial charge in [-0.3, -0.25) is 4.79 Å². The van der Waals surface area contributed by atoms with Gasteiger partial charge in [-0.25, -0.2) is 13.1 Å². The number of hydrogen-bond acceptors (Lipinski definition) is 4. The Morgan fingerprint density at radius 3 is 1.26 bits per heavy atom. The Balaban J connectivity index is 6.42. The van der Waals surface area contributed by atoms with Crippen LogP contribution >= 0.6 is 0 Å². The lowest BCUT2D eigenvalue weighted by Gasteiger charge is -2.42. The third kappa shape index (κ3) is 5.19. The summed E-state index contributed by atoms with van der Waals surface area (Å²) in [4.78, 5) is 11.0. The first-order valence-electron chi connectivity index (χ1n) is 7.82. The Morgan fingerprint density at radius 1 is 0.629 bits per heavy atom. The van der Waals surface area contributed by atoms with Gasteiger partial charge < -0.3 is 4.74 Å². The van der Waals surface area contributed by atoms with Crippen molar-refractivity contribution in [1.82, 2.24) is 4.72 Å². The largest absolute Gasteiger partial charge is 0.473 e. The van der Waals surface area contributed by atoms with Gasteiger partial charge in [-0.2, -0.15) is 74.6 Å². The van der Waals surface area contributed by atoms with E-state index in [-0.39, 0.29) is 0 Å². The van der Waals surface area contributed by atoms with E-state index >= 15 is 0 Å². The molecule has 0 aromatic heterocycles. The quantitative estimate of drug-likeness (QED) is 0.288. The molecule has 0 rings (SSSR count). The third-order valence-corrected chi connectivity index (χ3v) is 5.10. The first-order chi connectivity index (χ1) is 14.9. The molecule has 0 aromatic rings. The van der Waals surface area contributed by atoms with Crippen molar-refractivity contribution in [3.63, 3.8) is 0 Å². The fraction of sp³-hybridized carbons (Fsp3) is 0.917. The molecule has 0 aliphatic heterocycles. The highest BCUT2D eigenvalue weighted by atomic mass is 32.2. The lowest BCUT2D eigenvalue weighted by atomic mass is 9.90. The maximum atomic E-state index is 13.4. The average molecular weight is 585 g/mol. The third-order valence-electron chi connectivity index (χ3n) is 3.75. The van der Waals surface area contributed by atoms with Gasteiger partial charge in [0.25, 0.3) is 0 Å². The standard InChI is InChI=1S/C12H8F17NO4S/c1-2-35(32,33)30-3-4(31)34-12(28,29)10(23,24)8(19,20)6(15,16)5(13,14)7(17,18)9(21,22)11(25,26)27/h30H,2-3H2,1H3. The molecule has 0 saturated carbocycles. The monoisotopic (exact) mass is 585 g/mol. The second-order valence-corrected chi connectivity index (χ2v) is 8.26. The number of hydrogen-bond donors (Lipinski definition) is 1. The van der Waals surface area contributed by atoms with Gasteiger partial charge in [0.1, 0.15) is 6.54 Å². The van der Waals surface area contributed by atoms with Gasteiger partial charge >= 0.3 is 53.8 Å². The van der Waals surface area contributed by atoms with E-state index in [2.05, 4.69) is 4.74 Å². The summed E-state index contributed by atoms with van der Waals surface area (Å²) in [6.07, 6.45) is -15.3. The normalized spacial score (nSPS) is 15.8. The van der Waals surface area contributed by atoms with Crippen molar-refractivity contribution < 1.29 is 92.6 Å². The molecule has 0 atom stereocenters. The number of halogens is 17. The van der Waals surface area contributed by atoms with Gasteiger partial charge in [-0.05, 0) is 6.92 Å². The summed E-state index contributed by atoms with van der Waals surface area (Å²) >= 11 is 0. The van der Waals surface area contributed by atoms with Crippen molar-refractivity contribution in [2.45, 2.75) is 54.7 Å². The first kappa shape index (κ1) is 33.2. The van der Waals surface area contributed by atoms with Crippen LogP contribution in [0.1, 0.15) is 6.92 Å². The zero-order chi connectivity index (χ0) is 28.9. The summed E-state index contributed by atoms with van der Waals surface area (Å²) in [5, 5.41) is 0. The highest BCUT2D eigenvalue weighted by Gasteiger charge is 2.95. The van der Waals surface area contributed by atoms with Gasteiger partial charge in [0.15, 0.2) is 0 Å². The Morgan fingerprint density at radius 2 is 0.943 bits per heavy atom. The van der Waals surface area contributed by atoms with Crippen LogP contribution in [0.2, 0.25) is 0 Å². The minimum atomic E-state index is -8.82. The van der Waals surface area contributed by atoms with Crippen molar-refractivity contribution >= 4 is 16.0 Å². The predicted molar refractivity (Wildman–Crippen MR) is 74.2 cm³/mol. The van der Waals surface area contributed by atoms with Crippen molar-refractivity contribution in [2.75, 3.05) is 12.3 Å². The number of carbonyl (C=O) groups excluding carboxylic acids is 1. The molecule has 0 aliphatic rings. The van der Waals surface area contributed by atoms with Crippen LogP contribution in [0.25, 0.3) is 0 Å². The van der Waals surface area contributed by atoms with E-state index in [9.17, 15) is 87.8 Å². The summed E-state index contributed by atoms with van der Waals surface area (Å²) < 4.78 is 246. The van der Waals surface area contributed by atoms with Crippen LogP contribution in [0, 0.1) is 0 Å². The molecule has 1 N–H and O–H groups in total. The molecular formula is C12H8F17NO4S. The van der Waals surface area contributed by atoms with E-state index in [4.69, 9.17) is 0 Å². The molecule has 0 aromatic carbocycles. The van der Waals surface area contributed by atoms with Gasteiger partial charge in [0, 0.05) is 0 Å². The van der Waals surface area contributed by atoms with Crippen molar-refractivity contribution in [3.05, 3.63) is 0 Å². The zero-order valence-electron chi connectivity index (χ0n) is 15.9. The molecule has 0 fully saturated rings. The van der Waals surface area contributed by atoms with Crippen LogP contribution in [0.5, 0.6) is 0 Å². The number of esters is 1. The zero-order valence-corrected chi connectivity index (χ0v) is 16.7. The molecule has 0 amide bonds. The van der Waals surface area contributed by atoms with Gasteiger partial charge in [-0.1, -0.05) is 0 Å². The smallest absolute Gasteiger partial charge is 0.395 e. The van der Waals surface area contributed by atoms with Crippen LogP contribution in [-0.4, -0.2) is 74.5 Å². The average Bonchev–Trinajstić information content (AvgIpc) is 2.64. The van der Waals surface area contributed by atoms with Crippen LogP contribution in [-0.2, 0) is 19.6 Å². The molecule has 23 heteroatoms. The predicted octanol–water partition coefficient (Wildman–Crippen LogP) is 4.44. The fourth-order valence-electron chi connectivity index (χ4n) is 1.66. The van der Waals surface area contributed by atoms with E-state index in [0.717, 1.165) is 11.6 Å². The number of ether oxygens (including phenoxy) is 1. The molecule has 0 spiro atoms. The summed E-state index contributed by atoms with van der Waals surface area (Å²) in [6.45, 7) is -1.27. The molecule has 0 unspecified atom stereocenters. The summed E-state index contributed by atoms with van der Waals surface area (Å²) in [5.41, 5.74) is 0. The summed E-state index contributed by atoms with van der Waals surface area (Å²) in [5.74, 6) is -55.3. The molecule has 35 heavy (non-hydrogen) atoms. The number of carbonyl (C=O) groups is 1. The highest BCUT2D eigenvalue weighted by molar-refractivity contribution is 7.89. The Labute approximate surface area is 181 Å². The van der Waals surface area contributed by atoms with Gasteiger partial charge in [0.2, 0.25) is 10.0 Å². The molecule has 210 valence electrons. The summed E-state index contributed by atoms with van der Waals surface area (Å²) in [6, 6.07) is 0. The molecule has 5 nitrogen and oxygen atoms in total. The number of sulfonamides is 1. The van der Waals surface area contributed by atoms with Crippen LogP contribution in [0.4, 0.5) is 74.6 Å². The van der Waals surface area contributed by atoms with Crippen LogP contribution < -0.4 is 4.72 Å². The minimum Gasteiger partial charge on any atom is -0.395 e. The second kappa shape index (κ2) is 8.94. The Hall–Kier alpha value is -1.81.